The number of amides is 1. The van der Waals surface area contributed by atoms with Crippen LogP contribution >= 0.6 is 0 Å². The normalized spacial score (nSPS) is 27.1. The largest absolute Gasteiger partial charge is 0.405 e. The second kappa shape index (κ2) is 7.24. The van der Waals surface area contributed by atoms with E-state index in [1.807, 2.05) is 12.1 Å². The van der Waals surface area contributed by atoms with Crippen molar-refractivity contribution in [2.75, 3.05) is 20.8 Å². The van der Waals surface area contributed by atoms with Crippen molar-refractivity contribution in [3.63, 3.8) is 0 Å². The van der Waals surface area contributed by atoms with E-state index in [1.165, 1.54) is 7.11 Å². The summed E-state index contributed by atoms with van der Waals surface area (Å²) in [6.45, 7) is 11.5. The van der Waals surface area contributed by atoms with E-state index in [0.29, 0.717) is 6.61 Å². The molecule has 2 heterocycles. The van der Waals surface area contributed by atoms with Crippen molar-refractivity contribution >= 4 is 14.7 Å². The second-order valence-corrected chi connectivity index (χ2v) is 13.1. The summed E-state index contributed by atoms with van der Waals surface area (Å²) < 4.78 is 12.5. The van der Waals surface area contributed by atoms with E-state index in [-0.39, 0.29) is 27.9 Å². The van der Waals surface area contributed by atoms with Gasteiger partial charge in [0, 0.05) is 18.0 Å². The number of hydrogen-bond donors (Lipinski definition) is 0. The summed E-state index contributed by atoms with van der Waals surface area (Å²) in [4.78, 5) is 21.6. The van der Waals surface area contributed by atoms with E-state index >= 15 is 0 Å². The molecule has 25 heavy (non-hydrogen) atoms. The number of hydroxylamine groups is 3. The Morgan fingerprint density at radius 3 is 2.56 bits per heavy atom. The first-order valence-electron chi connectivity index (χ1n) is 8.63. The maximum absolute atomic E-state index is 11.9. The minimum Gasteiger partial charge on any atom is -0.405 e. The van der Waals surface area contributed by atoms with Crippen LogP contribution in [0.2, 0.25) is 18.1 Å². The van der Waals surface area contributed by atoms with E-state index in [4.69, 9.17) is 14.0 Å². The van der Waals surface area contributed by atoms with Crippen molar-refractivity contribution in [3.8, 4) is 0 Å². The van der Waals surface area contributed by atoms with Gasteiger partial charge >= 0.3 is 6.41 Å². The van der Waals surface area contributed by atoms with Crippen LogP contribution in [0.5, 0.6) is 0 Å². The Kier molecular flexibility index (Phi) is 5.85. The Balaban J connectivity index is 2.38. The number of rotatable bonds is 6. The Morgan fingerprint density at radius 2 is 2.08 bits per heavy atom. The second-order valence-electron chi connectivity index (χ2n) is 8.29. The van der Waals surface area contributed by atoms with Crippen LogP contribution in [-0.4, -0.2) is 57.3 Å². The molecular formula is C18H31N2O4Si+. The lowest BCUT2D eigenvalue weighted by atomic mass is 10.0. The number of hydrogen-bond acceptors (Lipinski definition) is 5. The molecule has 1 aliphatic heterocycles. The molecule has 0 saturated carbocycles. The van der Waals surface area contributed by atoms with Gasteiger partial charge in [-0.2, -0.15) is 4.84 Å². The van der Waals surface area contributed by atoms with Crippen molar-refractivity contribution in [1.29, 1.82) is 0 Å². The quantitative estimate of drug-likeness (QED) is 0.335. The number of nitrogens with zero attached hydrogens (tertiary/aromatic N) is 2. The monoisotopic (exact) mass is 367 g/mol. The molecule has 0 N–H and O–H groups in total. The summed E-state index contributed by atoms with van der Waals surface area (Å²) in [6.07, 6.45) is 3.78. The summed E-state index contributed by atoms with van der Waals surface area (Å²) >= 11 is 0. The van der Waals surface area contributed by atoms with Gasteiger partial charge in [0.1, 0.15) is 19.3 Å². The molecule has 2 rings (SSSR count). The van der Waals surface area contributed by atoms with Gasteiger partial charge in [0.05, 0.1) is 13.7 Å². The van der Waals surface area contributed by atoms with Gasteiger partial charge in [0.15, 0.2) is 14.4 Å². The van der Waals surface area contributed by atoms with Gasteiger partial charge in [-0.15, -0.1) is 4.65 Å². The third-order valence-electron chi connectivity index (χ3n) is 5.59. The first-order chi connectivity index (χ1) is 11.6. The minimum absolute atomic E-state index is 0.0710. The lowest BCUT2D eigenvalue weighted by Gasteiger charge is -2.41. The van der Waals surface area contributed by atoms with Crippen LogP contribution in [0.3, 0.4) is 0 Å². The van der Waals surface area contributed by atoms with Gasteiger partial charge < -0.3 is 9.16 Å². The number of quaternary nitrogens is 1. The van der Waals surface area contributed by atoms with Crippen LogP contribution in [0, 0.1) is 0 Å². The zero-order valence-corrected chi connectivity index (χ0v) is 17.4. The molecule has 4 atom stereocenters. The third-order valence-corrected chi connectivity index (χ3v) is 10.1. The van der Waals surface area contributed by atoms with Crippen molar-refractivity contribution in [3.05, 3.63) is 30.1 Å². The number of aromatic nitrogens is 1. The average Bonchev–Trinajstić information content (AvgIpc) is 2.97. The molecule has 0 spiro atoms. The van der Waals surface area contributed by atoms with Crippen molar-refractivity contribution in [2.24, 2.45) is 0 Å². The van der Waals surface area contributed by atoms with Gasteiger partial charge in [-0.1, -0.05) is 26.8 Å². The molecule has 1 amide bonds. The maximum Gasteiger partial charge on any atom is 0.333 e. The Hall–Kier alpha value is -1.12. The molecule has 1 aromatic heterocycles. The van der Waals surface area contributed by atoms with Crippen LogP contribution in [-0.2, 0) is 18.8 Å². The maximum atomic E-state index is 11.9. The van der Waals surface area contributed by atoms with Crippen LogP contribution in [0.1, 0.15) is 32.4 Å². The minimum atomic E-state index is -2.02. The molecule has 0 aromatic carbocycles. The number of carbonyl (C=O) groups excluding carboxylic acids is 1. The zero-order valence-electron chi connectivity index (χ0n) is 16.4. The SMILES string of the molecule is CO[N+](C)(C=O)[C@@H]1[C@H](O[Si](C)(C)C(C)(C)C)CO[C@H]1c1cccnc1. The average molecular weight is 368 g/mol. The summed E-state index contributed by atoms with van der Waals surface area (Å²) in [7, 11) is 1.26. The highest BCUT2D eigenvalue weighted by atomic mass is 28.4. The molecule has 140 valence electrons. The van der Waals surface area contributed by atoms with E-state index in [1.54, 1.807) is 19.4 Å². The molecule has 1 unspecified atom stereocenters. The first kappa shape index (κ1) is 20.2. The van der Waals surface area contributed by atoms with Crippen LogP contribution in [0.4, 0.5) is 0 Å². The van der Waals surface area contributed by atoms with Gasteiger partial charge in [-0.25, -0.2) is 4.79 Å². The highest BCUT2D eigenvalue weighted by molar-refractivity contribution is 6.74. The molecular weight excluding hydrogens is 336 g/mol. The number of pyridine rings is 1. The van der Waals surface area contributed by atoms with Crippen molar-refractivity contribution in [2.45, 2.75) is 57.2 Å². The van der Waals surface area contributed by atoms with Gasteiger partial charge in [0.25, 0.3) is 0 Å². The number of carbonyl (C=O) groups is 1. The van der Waals surface area contributed by atoms with E-state index < -0.39 is 8.32 Å². The first-order valence-corrected chi connectivity index (χ1v) is 11.5. The van der Waals surface area contributed by atoms with Gasteiger partial charge in [0.2, 0.25) is 0 Å². The van der Waals surface area contributed by atoms with E-state index in [9.17, 15) is 4.79 Å². The molecule has 0 bridgehead atoms. The molecule has 6 nitrogen and oxygen atoms in total. The fourth-order valence-corrected chi connectivity index (χ4v) is 4.24. The highest BCUT2D eigenvalue weighted by Gasteiger charge is 2.55. The summed E-state index contributed by atoms with van der Waals surface area (Å²) in [5, 5.41) is 0.0710. The Labute approximate surface area is 151 Å². The number of ether oxygens (including phenoxy) is 1. The summed E-state index contributed by atoms with van der Waals surface area (Å²) in [5.74, 6) is 0. The van der Waals surface area contributed by atoms with E-state index in [2.05, 4.69) is 38.8 Å². The smallest absolute Gasteiger partial charge is 0.333 e. The summed E-state index contributed by atoms with van der Waals surface area (Å²) in [5.41, 5.74) is 0.928. The van der Waals surface area contributed by atoms with Crippen molar-refractivity contribution in [1.82, 2.24) is 4.98 Å². The van der Waals surface area contributed by atoms with Gasteiger partial charge in [-0.3, -0.25) is 4.98 Å². The standard InChI is InChI=1S/C18H31N2O4Si/c1-18(2,3)25(6,7)24-15-12-23-17(14-9-8-10-19-11-14)16(15)20(4,13-21)22-5/h8-11,13,15-17H,12H2,1-7H3/q+1/t15-,16-,17+,20?/m1/s1. The van der Waals surface area contributed by atoms with Crippen LogP contribution in [0.15, 0.2) is 24.5 Å². The molecule has 1 saturated heterocycles. The number of likely N-dealkylation sites (N-methyl/N-ethyl adjacent to an activating group) is 1. The van der Waals surface area contributed by atoms with Crippen LogP contribution in [0.25, 0.3) is 0 Å². The van der Waals surface area contributed by atoms with Gasteiger partial charge in [-0.05, 0) is 24.2 Å². The summed E-state index contributed by atoms with van der Waals surface area (Å²) in [6, 6.07) is 3.54. The van der Waals surface area contributed by atoms with Crippen LogP contribution < -0.4 is 0 Å². The Morgan fingerprint density at radius 1 is 1.40 bits per heavy atom. The molecule has 0 aliphatic carbocycles. The zero-order chi connectivity index (χ0) is 18.9. The third kappa shape index (κ3) is 4.01. The molecule has 1 fully saturated rings. The fraction of sp³-hybridized carbons (Fsp3) is 0.667. The molecule has 1 aromatic rings. The fourth-order valence-electron chi connectivity index (χ4n) is 2.92. The lowest BCUT2D eigenvalue weighted by molar-refractivity contribution is -1.04. The molecule has 7 heteroatoms. The predicted molar refractivity (Wildman–Crippen MR) is 98.0 cm³/mol. The topological polar surface area (TPSA) is 57.7 Å². The molecule has 0 radical (unpaired) electrons. The highest BCUT2D eigenvalue weighted by Crippen LogP contribution is 2.42. The Bertz CT molecular complexity index is 590. The van der Waals surface area contributed by atoms with Crippen molar-refractivity contribution < 1.29 is 23.4 Å². The predicted octanol–water partition coefficient (Wildman–Crippen LogP) is 3.08. The van der Waals surface area contributed by atoms with E-state index in [0.717, 1.165) is 12.0 Å². The lowest BCUT2D eigenvalue weighted by Crippen LogP contribution is -2.59. The molecule has 1 aliphatic rings.